The molecule has 2 aromatic rings. The number of aryl methyl sites for hydroxylation is 1. The fourth-order valence-electron chi connectivity index (χ4n) is 2.35. The maximum Gasteiger partial charge on any atom is 0.306 e. The van der Waals surface area contributed by atoms with Crippen molar-refractivity contribution in [1.29, 1.82) is 0 Å². The van der Waals surface area contributed by atoms with Crippen molar-refractivity contribution >= 4 is 45.1 Å². The Bertz CT molecular complexity index is 797. The summed E-state index contributed by atoms with van der Waals surface area (Å²) in [6.45, 7) is 2.03. The maximum atomic E-state index is 11.9. The van der Waals surface area contributed by atoms with Crippen LogP contribution in [0.25, 0.3) is 0 Å². The number of hydrogen-bond acceptors (Lipinski definition) is 4. The van der Waals surface area contributed by atoms with Gasteiger partial charge in [-0.25, -0.2) is 0 Å². The first-order chi connectivity index (χ1) is 13.0. The van der Waals surface area contributed by atoms with E-state index < -0.39 is 5.97 Å². The molecule has 0 atom stereocenters. The van der Waals surface area contributed by atoms with Crippen LogP contribution in [0.4, 0.5) is 5.69 Å². The van der Waals surface area contributed by atoms with Gasteiger partial charge in [0.15, 0.2) is 6.61 Å². The largest absolute Gasteiger partial charge is 0.492 e. The Kier molecular flexibility index (Phi) is 8.61. The van der Waals surface area contributed by atoms with Gasteiger partial charge in [0.1, 0.15) is 5.75 Å². The highest BCUT2D eigenvalue weighted by Gasteiger charge is 2.10. The average Bonchev–Trinajstić information content (AvgIpc) is 2.65. The second-order valence-electron chi connectivity index (χ2n) is 5.75. The quantitative estimate of drug-likeness (QED) is 0.427. The number of halogens is 2. The molecule has 2 aromatic carbocycles. The summed E-state index contributed by atoms with van der Waals surface area (Å²) >= 11 is 9.37. The van der Waals surface area contributed by atoms with E-state index in [1.807, 2.05) is 37.3 Å². The lowest BCUT2D eigenvalue weighted by atomic mass is 10.1. The fraction of sp³-hybridized carbons (Fsp3) is 0.300. The third-order valence-corrected chi connectivity index (χ3v) is 4.50. The summed E-state index contributed by atoms with van der Waals surface area (Å²) in [5.41, 5.74) is 1.77. The molecule has 27 heavy (non-hydrogen) atoms. The highest BCUT2D eigenvalue weighted by molar-refractivity contribution is 9.10. The first kappa shape index (κ1) is 21.3. The first-order valence-electron chi connectivity index (χ1n) is 8.60. The Hall–Kier alpha value is -2.05. The molecule has 0 aromatic heterocycles. The van der Waals surface area contributed by atoms with Crippen molar-refractivity contribution in [3.8, 4) is 5.75 Å². The van der Waals surface area contributed by atoms with Crippen molar-refractivity contribution in [1.82, 2.24) is 0 Å². The molecule has 0 saturated carbocycles. The van der Waals surface area contributed by atoms with Crippen molar-refractivity contribution in [3.63, 3.8) is 0 Å². The van der Waals surface area contributed by atoms with E-state index in [9.17, 15) is 9.59 Å². The van der Waals surface area contributed by atoms with Crippen LogP contribution in [-0.4, -0.2) is 25.1 Å². The highest BCUT2D eigenvalue weighted by Crippen LogP contribution is 2.27. The van der Waals surface area contributed by atoms with Gasteiger partial charge >= 0.3 is 5.97 Å². The number of hydrogen-bond donors (Lipinski definition) is 1. The Morgan fingerprint density at radius 1 is 1.19 bits per heavy atom. The van der Waals surface area contributed by atoms with E-state index in [0.29, 0.717) is 23.8 Å². The Labute approximate surface area is 172 Å². The zero-order valence-electron chi connectivity index (χ0n) is 15.0. The number of amides is 1. The topological polar surface area (TPSA) is 64.6 Å². The average molecular weight is 455 g/mol. The van der Waals surface area contributed by atoms with Gasteiger partial charge in [0.2, 0.25) is 0 Å². The van der Waals surface area contributed by atoms with Crippen molar-refractivity contribution in [2.24, 2.45) is 0 Å². The van der Waals surface area contributed by atoms with E-state index in [1.54, 1.807) is 12.1 Å². The van der Waals surface area contributed by atoms with Gasteiger partial charge in [0.05, 0.1) is 11.6 Å². The molecule has 0 spiro atoms. The van der Waals surface area contributed by atoms with Crippen LogP contribution in [0.3, 0.4) is 0 Å². The third-order valence-electron chi connectivity index (χ3n) is 3.71. The lowest BCUT2D eigenvalue weighted by molar-refractivity contribution is -0.147. The van der Waals surface area contributed by atoms with E-state index in [0.717, 1.165) is 22.1 Å². The number of para-hydroxylation sites is 1. The molecule has 0 heterocycles. The number of benzene rings is 2. The molecule has 144 valence electrons. The number of nitrogens with one attached hydrogen (secondary N) is 1. The summed E-state index contributed by atoms with van der Waals surface area (Å²) in [6.07, 6.45) is 1.43. The van der Waals surface area contributed by atoms with Crippen LogP contribution >= 0.6 is 27.5 Å². The van der Waals surface area contributed by atoms with E-state index in [4.69, 9.17) is 21.1 Å². The van der Waals surface area contributed by atoms with Crippen LogP contribution in [0.15, 0.2) is 46.9 Å². The Morgan fingerprint density at radius 2 is 1.96 bits per heavy atom. The van der Waals surface area contributed by atoms with Crippen LogP contribution in [0.5, 0.6) is 5.75 Å². The second kappa shape index (κ2) is 10.9. The van der Waals surface area contributed by atoms with Gasteiger partial charge < -0.3 is 14.8 Å². The van der Waals surface area contributed by atoms with E-state index in [2.05, 4.69) is 21.2 Å². The number of rotatable bonds is 9. The van der Waals surface area contributed by atoms with Crippen LogP contribution in [-0.2, 0) is 20.7 Å². The third kappa shape index (κ3) is 7.23. The molecule has 0 unspecified atom stereocenters. The summed E-state index contributed by atoms with van der Waals surface area (Å²) < 4.78 is 11.4. The number of carbonyl (C=O) groups excluding carboxylic acids is 2. The van der Waals surface area contributed by atoms with E-state index in [-0.39, 0.29) is 18.9 Å². The maximum absolute atomic E-state index is 11.9. The minimum atomic E-state index is -0.445. The molecule has 2 rings (SSSR count). The molecule has 7 heteroatoms. The first-order valence-corrected chi connectivity index (χ1v) is 9.78. The van der Waals surface area contributed by atoms with E-state index >= 15 is 0 Å². The summed E-state index contributed by atoms with van der Waals surface area (Å²) in [4.78, 5) is 23.7. The van der Waals surface area contributed by atoms with Gasteiger partial charge in [-0.3, -0.25) is 9.59 Å². The second-order valence-corrected chi connectivity index (χ2v) is 7.07. The zero-order valence-corrected chi connectivity index (χ0v) is 17.3. The fourth-order valence-corrected chi connectivity index (χ4v) is 3.07. The van der Waals surface area contributed by atoms with Crippen LogP contribution < -0.4 is 10.1 Å². The zero-order chi connectivity index (χ0) is 19.6. The van der Waals surface area contributed by atoms with Gasteiger partial charge in [-0.15, -0.1) is 0 Å². The molecular formula is C20H21BrClNO4. The van der Waals surface area contributed by atoms with Crippen LogP contribution in [0.1, 0.15) is 25.3 Å². The SMILES string of the molecule is CCc1ccccc1NC(=O)COC(=O)CCCOc1ccc(Br)cc1Cl. The predicted octanol–water partition coefficient (Wildman–Crippen LogP) is 5.01. The van der Waals surface area contributed by atoms with Gasteiger partial charge in [-0.1, -0.05) is 52.7 Å². The molecule has 0 aliphatic carbocycles. The molecular weight excluding hydrogens is 434 g/mol. The molecule has 0 radical (unpaired) electrons. The van der Waals surface area contributed by atoms with Crippen LogP contribution in [0, 0.1) is 0 Å². The standard InChI is InChI=1S/C20H21BrClNO4/c1-2-14-6-3-4-7-17(14)23-19(24)13-27-20(25)8-5-11-26-18-10-9-15(21)12-16(18)22/h3-4,6-7,9-10,12H,2,5,8,11,13H2,1H3,(H,23,24). The Morgan fingerprint density at radius 3 is 2.70 bits per heavy atom. The van der Waals surface area contributed by atoms with Gasteiger partial charge in [0, 0.05) is 16.6 Å². The molecule has 5 nitrogen and oxygen atoms in total. The highest BCUT2D eigenvalue weighted by atomic mass is 79.9. The minimum Gasteiger partial charge on any atom is -0.492 e. The van der Waals surface area contributed by atoms with Crippen molar-refractivity contribution in [2.45, 2.75) is 26.2 Å². The summed E-state index contributed by atoms with van der Waals surface area (Å²) in [6, 6.07) is 12.8. The van der Waals surface area contributed by atoms with Crippen LogP contribution in [0.2, 0.25) is 5.02 Å². The number of ether oxygens (including phenoxy) is 2. The molecule has 1 N–H and O–H groups in total. The summed E-state index contributed by atoms with van der Waals surface area (Å²) in [7, 11) is 0. The number of anilines is 1. The smallest absolute Gasteiger partial charge is 0.306 e. The molecule has 0 fully saturated rings. The molecule has 0 bridgehead atoms. The summed E-state index contributed by atoms with van der Waals surface area (Å²) in [5.74, 6) is -0.247. The molecule has 1 amide bonds. The van der Waals surface area contributed by atoms with Crippen molar-refractivity contribution in [3.05, 3.63) is 57.5 Å². The van der Waals surface area contributed by atoms with E-state index in [1.165, 1.54) is 0 Å². The van der Waals surface area contributed by atoms with Crippen molar-refractivity contribution in [2.75, 3.05) is 18.5 Å². The number of carbonyl (C=O) groups is 2. The van der Waals surface area contributed by atoms with Gasteiger partial charge in [0.25, 0.3) is 5.91 Å². The lowest BCUT2D eigenvalue weighted by Gasteiger charge is -2.10. The monoisotopic (exact) mass is 453 g/mol. The summed E-state index contributed by atoms with van der Waals surface area (Å²) in [5, 5.41) is 3.25. The number of esters is 1. The lowest BCUT2D eigenvalue weighted by Crippen LogP contribution is -2.21. The predicted molar refractivity (Wildman–Crippen MR) is 109 cm³/mol. The normalized spacial score (nSPS) is 10.3. The van der Waals surface area contributed by atoms with Crippen molar-refractivity contribution < 1.29 is 19.1 Å². The van der Waals surface area contributed by atoms with Gasteiger partial charge in [-0.2, -0.15) is 0 Å². The Balaban J connectivity index is 1.66. The van der Waals surface area contributed by atoms with Gasteiger partial charge in [-0.05, 0) is 42.7 Å². The molecule has 0 aliphatic heterocycles. The molecule has 0 saturated heterocycles. The molecule has 0 aliphatic rings. The minimum absolute atomic E-state index is 0.160.